The van der Waals surface area contributed by atoms with E-state index < -0.39 is 6.10 Å². The average molecular weight is 270 g/mol. The second kappa shape index (κ2) is 5.00. The van der Waals surface area contributed by atoms with Crippen molar-refractivity contribution in [1.29, 1.82) is 0 Å². The van der Waals surface area contributed by atoms with Crippen LogP contribution in [0.15, 0.2) is 60.8 Å². The first kappa shape index (κ1) is 12.2. The molecule has 0 saturated carbocycles. The number of hydrogen-bond acceptors (Lipinski definition) is 2. The second-order valence-electron chi connectivity index (χ2n) is 4.42. The maximum absolute atomic E-state index is 10.4. The normalized spacial score (nSPS) is 12.5. The number of aliphatic hydroxyl groups excluding tert-OH is 1. The average Bonchev–Trinajstić information content (AvgIpc) is 2.46. The van der Waals surface area contributed by atoms with Gasteiger partial charge in [-0.25, -0.2) is 4.98 Å². The van der Waals surface area contributed by atoms with Gasteiger partial charge in [0.05, 0.1) is 0 Å². The molecule has 1 N–H and O–H groups in total. The molecule has 3 heteroatoms. The molecule has 2 nitrogen and oxygen atoms in total. The van der Waals surface area contributed by atoms with E-state index in [1.165, 1.54) is 0 Å². The predicted octanol–water partition coefficient (Wildman–Crippen LogP) is 3.97. The molecule has 1 heterocycles. The van der Waals surface area contributed by atoms with Gasteiger partial charge in [0.25, 0.3) is 0 Å². The van der Waals surface area contributed by atoms with Gasteiger partial charge < -0.3 is 5.11 Å². The summed E-state index contributed by atoms with van der Waals surface area (Å²) in [6, 6.07) is 17.5. The van der Waals surface area contributed by atoms with E-state index in [2.05, 4.69) is 11.1 Å². The van der Waals surface area contributed by atoms with Gasteiger partial charge in [0.2, 0.25) is 0 Å². The van der Waals surface area contributed by atoms with Crippen LogP contribution in [0.25, 0.3) is 10.8 Å². The molecule has 2 aromatic carbocycles. The summed E-state index contributed by atoms with van der Waals surface area (Å²) in [6.07, 6.45) is 0.909. The topological polar surface area (TPSA) is 33.1 Å². The predicted molar refractivity (Wildman–Crippen MR) is 77.3 cm³/mol. The lowest BCUT2D eigenvalue weighted by atomic mass is 9.99. The number of rotatable bonds is 2. The van der Waals surface area contributed by atoms with Crippen LogP contribution in [-0.2, 0) is 0 Å². The monoisotopic (exact) mass is 269 g/mol. The lowest BCUT2D eigenvalue weighted by molar-refractivity contribution is 0.220. The summed E-state index contributed by atoms with van der Waals surface area (Å²) in [4.78, 5) is 3.92. The zero-order valence-electron chi connectivity index (χ0n) is 10.1. The zero-order valence-corrected chi connectivity index (χ0v) is 10.9. The Hall–Kier alpha value is -1.90. The first-order chi connectivity index (χ1) is 9.24. The van der Waals surface area contributed by atoms with Crippen molar-refractivity contribution in [2.75, 3.05) is 0 Å². The zero-order chi connectivity index (χ0) is 13.2. The van der Waals surface area contributed by atoms with E-state index in [4.69, 9.17) is 11.6 Å². The minimum absolute atomic E-state index is 0.386. The summed E-state index contributed by atoms with van der Waals surface area (Å²) in [5, 5.41) is 13.0. The third-order valence-corrected chi connectivity index (χ3v) is 3.36. The highest BCUT2D eigenvalue weighted by Gasteiger charge is 2.11. The second-order valence-corrected chi connectivity index (χ2v) is 4.81. The standard InChI is InChI=1S/C16H12ClNO/c17-15-10-14(7-8-18-15)16(19)13-6-5-11-3-1-2-4-12(11)9-13/h1-10,16,19H. The molecule has 3 rings (SSSR count). The molecule has 1 aromatic heterocycles. The van der Waals surface area contributed by atoms with Crippen molar-refractivity contribution in [3.63, 3.8) is 0 Å². The molecule has 1 atom stereocenters. The Labute approximate surface area is 116 Å². The van der Waals surface area contributed by atoms with Gasteiger partial charge in [0.15, 0.2) is 0 Å². The number of fused-ring (bicyclic) bond motifs is 1. The minimum Gasteiger partial charge on any atom is -0.384 e. The van der Waals surface area contributed by atoms with Crippen LogP contribution in [0.2, 0.25) is 5.15 Å². The Balaban J connectivity index is 2.04. The Morgan fingerprint density at radius 2 is 1.63 bits per heavy atom. The van der Waals surface area contributed by atoms with E-state index in [9.17, 15) is 5.11 Å². The fraction of sp³-hybridized carbons (Fsp3) is 0.0625. The number of aliphatic hydroxyl groups is 1. The van der Waals surface area contributed by atoms with Gasteiger partial charge in [-0.05, 0) is 40.1 Å². The maximum atomic E-state index is 10.4. The summed E-state index contributed by atoms with van der Waals surface area (Å²) in [7, 11) is 0. The number of hydrogen-bond donors (Lipinski definition) is 1. The number of aromatic nitrogens is 1. The number of nitrogens with zero attached hydrogens (tertiary/aromatic N) is 1. The van der Waals surface area contributed by atoms with E-state index in [0.29, 0.717) is 5.15 Å². The molecular weight excluding hydrogens is 258 g/mol. The molecular formula is C16H12ClNO. The van der Waals surface area contributed by atoms with Crippen molar-refractivity contribution in [3.05, 3.63) is 77.1 Å². The third-order valence-electron chi connectivity index (χ3n) is 3.16. The highest BCUT2D eigenvalue weighted by molar-refractivity contribution is 6.29. The van der Waals surface area contributed by atoms with Crippen molar-refractivity contribution in [3.8, 4) is 0 Å². The van der Waals surface area contributed by atoms with E-state index >= 15 is 0 Å². The molecule has 0 fully saturated rings. The van der Waals surface area contributed by atoms with Gasteiger partial charge in [-0.2, -0.15) is 0 Å². The van der Waals surface area contributed by atoms with Crippen molar-refractivity contribution in [1.82, 2.24) is 4.98 Å². The third kappa shape index (κ3) is 2.46. The van der Waals surface area contributed by atoms with Gasteiger partial charge in [-0.3, -0.25) is 0 Å². The lowest BCUT2D eigenvalue weighted by Crippen LogP contribution is -1.99. The molecule has 0 bridgehead atoms. The van der Waals surface area contributed by atoms with E-state index in [1.807, 2.05) is 36.4 Å². The highest BCUT2D eigenvalue weighted by atomic mass is 35.5. The molecule has 3 aromatic rings. The van der Waals surface area contributed by atoms with Gasteiger partial charge in [-0.1, -0.05) is 48.0 Å². The number of halogens is 1. The van der Waals surface area contributed by atoms with Crippen molar-refractivity contribution in [2.45, 2.75) is 6.10 Å². The Bertz CT molecular complexity index is 727. The molecule has 94 valence electrons. The van der Waals surface area contributed by atoms with Gasteiger partial charge in [-0.15, -0.1) is 0 Å². The quantitative estimate of drug-likeness (QED) is 0.714. The summed E-state index contributed by atoms with van der Waals surface area (Å²) in [6.45, 7) is 0. The molecule has 0 spiro atoms. The van der Waals surface area contributed by atoms with Crippen LogP contribution >= 0.6 is 11.6 Å². The van der Waals surface area contributed by atoms with Crippen LogP contribution in [-0.4, -0.2) is 10.1 Å². The Morgan fingerprint density at radius 1 is 0.895 bits per heavy atom. The molecule has 19 heavy (non-hydrogen) atoms. The minimum atomic E-state index is -0.690. The number of benzene rings is 2. The highest BCUT2D eigenvalue weighted by Crippen LogP contribution is 2.26. The van der Waals surface area contributed by atoms with Crippen molar-refractivity contribution in [2.24, 2.45) is 0 Å². The summed E-state index contributed by atoms with van der Waals surface area (Å²) < 4.78 is 0. The van der Waals surface area contributed by atoms with E-state index in [0.717, 1.165) is 21.9 Å². The summed E-state index contributed by atoms with van der Waals surface area (Å²) >= 11 is 5.85. The van der Waals surface area contributed by atoms with Crippen LogP contribution in [0.3, 0.4) is 0 Å². The van der Waals surface area contributed by atoms with E-state index in [1.54, 1.807) is 18.3 Å². The van der Waals surface area contributed by atoms with Crippen LogP contribution in [0.5, 0.6) is 0 Å². The fourth-order valence-electron chi connectivity index (χ4n) is 2.16. The van der Waals surface area contributed by atoms with E-state index in [-0.39, 0.29) is 0 Å². The molecule has 1 unspecified atom stereocenters. The lowest BCUT2D eigenvalue weighted by Gasteiger charge is -2.12. The largest absolute Gasteiger partial charge is 0.384 e. The van der Waals surface area contributed by atoms with Crippen molar-refractivity contribution >= 4 is 22.4 Å². The van der Waals surface area contributed by atoms with Gasteiger partial charge in [0, 0.05) is 6.20 Å². The Morgan fingerprint density at radius 3 is 2.42 bits per heavy atom. The first-order valence-electron chi connectivity index (χ1n) is 6.02. The number of pyridine rings is 1. The van der Waals surface area contributed by atoms with Crippen LogP contribution in [0, 0.1) is 0 Å². The van der Waals surface area contributed by atoms with Crippen molar-refractivity contribution < 1.29 is 5.11 Å². The summed E-state index contributed by atoms with van der Waals surface area (Å²) in [5.41, 5.74) is 1.59. The molecule has 0 aliphatic rings. The van der Waals surface area contributed by atoms with Crippen LogP contribution in [0.1, 0.15) is 17.2 Å². The molecule has 0 saturated heterocycles. The Kier molecular flexibility index (Phi) is 3.20. The SMILES string of the molecule is OC(c1ccnc(Cl)c1)c1ccc2ccccc2c1. The maximum Gasteiger partial charge on any atom is 0.129 e. The summed E-state index contributed by atoms with van der Waals surface area (Å²) in [5.74, 6) is 0. The van der Waals surface area contributed by atoms with Gasteiger partial charge >= 0.3 is 0 Å². The molecule has 0 aliphatic carbocycles. The fourth-order valence-corrected chi connectivity index (χ4v) is 2.34. The van der Waals surface area contributed by atoms with Gasteiger partial charge in [0.1, 0.15) is 11.3 Å². The molecule has 0 aliphatic heterocycles. The van der Waals surface area contributed by atoms with Crippen LogP contribution in [0.4, 0.5) is 0 Å². The first-order valence-corrected chi connectivity index (χ1v) is 6.40. The molecule has 0 amide bonds. The van der Waals surface area contributed by atoms with Crippen LogP contribution < -0.4 is 0 Å². The smallest absolute Gasteiger partial charge is 0.129 e. The molecule has 0 radical (unpaired) electrons.